The van der Waals surface area contributed by atoms with E-state index in [0.717, 1.165) is 22.7 Å². The molecule has 0 bridgehead atoms. The van der Waals surface area contributed by atoms with Crippen LogP contribution in [0.2, 0.25) is 0 Å². The largest absolute Gasteiger partial charge is 0.311 e. The highest BCUT2D eigenvalue weighted by atomic mass is 28.3. The van der Waals surface area contributed by atoms with Crippen molar-refractivity contribution in [1.82, 2.24) is 8.97 Å². The molecule has 0 saturated heterocycles. The number of hydrogen-bond acceptors (Lipinski definition) is 1. The van der Waals surface area contributed by atoms with Gasteiger partial charge in [0.25, 0.3) is 0 Å². The molecule has 0 amide bonds. The molecule has 3 heterocycles. The van der Waals surface area contributed by atoms with Crippen LogP contribution in [0.1, 0.15) is 0 Å². The van der Waals surface area contributed by atoms with Gasteiger partial charge in [-0.1, -0.05) is 243 Å². The Hall–Kier alpha value is -10.5. The number of nitrogens with zero attached hydrogens (tertiary/aromatic N) is 3. The Kier molecular flexibility index (Phi) is 11.2. The summed E-state index contributed by atoms with van der Waals surface area (Å²) in [6.07, 6.45) is 0. The van der Waals surface area contributed by atoms with Crippen molar-refractivity contribution in [2.45, 2.75) is 0 Å². The highest BCUT2D eigenvalue weighted by Gasteiger charge is 2.41. The molecule has 0 radical (unpaired) electrons. The molecule has 4 heteroatoms. The monoisotopic (exact) mass is 1060 g/mol. The first kappa shape index (κ1) is 47.5. The quantitative estimate of drug-likeness (QED) is 0.0929. The molecule has 0 spiro atoms. The zero-order chi connectivity index (χ0) is 54.1. The maximum Gasteiger partial charge on any atom is 0.179 e. The Morgan fingerprint density at radius 3 is 1.24 bits per heavy atom. The summed E-state index contributed by atoms with van der Waals surface area (Å²) in [5.41, 5.74) is 17.7. The summed E-state index contributed by atoms with van der Waals surface area (Å²) < 4.78 is 4.84. The Morgan fingerprint density at radius 1 is 0.256 bits per heavy atom. The summed E-state index contributed by atoms with van der Waals surface area (Å²) >= 11 is 0. The van der Waals surface area contributed by atoms with Crippen LogP contribution in [0.25, 0.3) is 99.0 Å². The average molecular weight is 1060 g/mol. The molecule has 0 fully saturated rings. The van der Waals surface area contributed by atoms with Gasteiger partial charge in [0.2, 0.25) is 0 Å². The van der Waals surface area contributed by atoms with E-state index >= 15 is 0 Å². The molecule has 0 saturated carbocycles. The summed E-state index contributed by atoms with van der Waals surface area (Å²) in [7, 11) is -2.66. The van der Waals surface area contributed by atoms with Crippen molar-refractivity contribution in [3.63, 3.8) is 0 Å². The molecule has 384 valence electrons. The standard InChI is InChI=1S/C78H53N3Si/c1-5-19-59(20-6-1)80-74-33-16-14-28-71(74)77-67(29-18-34-76(77)80)57-39-48-62(49-40-57)79(61-46-37-56(38-47-61)58-43-52-75-72(53-58)70-31-17-30-69-68-27-13-15-32-73(68)81(75)78(69)70)60-44-35-54(36-45-60)55-41-50-66(51-42-55)82(63-21-7-2-8-22-63,64-23-9-3-10-24-64)65-25-11-4-12-26-65/h1-53H. The van der Waals surface area contributed by atoms with E-state index in [-0.39, 0.29) is 0 Å². The van der Waals surface area contributed by atoms with Crippen molar-refractivity contribution in [3.8, 4) is 39.1 Å². The van der Waals surface area contributed by atoms with Crippen LogP contribution in [0.5, 0.6) is 0 Å². The molecule has 82 heavy (non-hydrogen) atoms. The van der Waals surface area contributed by atoms with Crippen LogP contribution < -0.4 is 25.6 Å². The van der Waals surface area contributed by atoms with Gasteiger partial charge < -0.3 is 13.9 Å². The van der Waals surface area contributed by atoms with Crippen molar-refractivity contribution in [3.05, 3.63) is 322 Å². The van der Waals surface area contributed by atoms with Crippen LogP contribution in [-0.2, 0) is 0 Å². The number of rotatable bonds is 11. The molecule has 0 N–H and O–H groups in total. The number of fused-ring (bicyclic) bond motifs is 9. The smallest absolute Gasteiger partial charge is 0.179 e. The Balaban J connectivity index is 0.786. The van der Waals surface area contributed by atoms with E-state index in [1.54, 1.807) is 0 Å². The fraction of sp³-hybridized carbons (Fsp3) is 0. The van der Waals surface area contributed by atoms with Gasteiger partial charge in [-0.05, 0) is 133 Å². The lowest BCUT2D eigenvalue weighted by molar-refractivity contribution is 1.18. The minimum absolute atomic E-state index is 1.08. The molecule has 16 rings (SSSR count). The fourth-order valence-electron chi connectivity index (χ4n) is 13.5. The van der Waals surface area contributed by atoms with Crippen LogP contribution >= 0.6 is 0 Å². The van der Waals surface area contributed by atoms with Gasteiger partial charge in [-0.2, -0.15) is 0 Å². The van der Waals surface area contributed by atoms with Gasteiger partial charge in [-0.3, -0.25) is 0 Å². The minimum atomic E-state index is -2.66. The average Bonchev–Trinajstić information content (AvgIpc) is 4.37. The second-order valence-corrected chi connectivity index (χ2v) is 25.4. The third-order valence-electron chi connectivity index (χ3n) is 17.2. The number of aromatic nitrogens is 2. The van der Waals surface area contributed by atoms with E-state index in [9.17, 15) is 0 Å². The van der Waals surface area contributed by atoms with Crippen molar-refractivity contribution >= 4 is 106 Å². The van der Waals surface area contributed by atoms with E-state index in [0.29, 0.717) is 0 Å². The van der Waals surface area contributed by atoms with Gasteiger partial charge in [-0.15, -0.1) is 0 Å². The SMILES string of the molecule is c1ccc(-n2c3ccccc3c3c(-c4ccc(N(c5ccc(-c6ccc([Si](c7ccccc7)(c7ccccc7)c7ccccc7)cc6)cc5)c5ccc(-c6ccc7c(c6)c6cccc8c9ccccc9n7c86)cc5)cc4)cccc32)cc1. The zero-order valence-electron chi connectivity index (χ0n) is 44.9. The molecule has 0 aliphatic heterocycles. The van der Waals surface area contributed by atoms with E-state index in [1.165, 1.54) is 114 Å². The topological polar surface area (TPSA) is 12.6 Å². The van der Waals surface area contributed by atoms with Gasteiger partial charge in [0.15, 0.2) is 8.07 Å². The highest BCUT2D eigenvalue weighted by molar-refractivity contribution is 7.19. The third kappa shape index (κ3) is 7.50. The number of hydrogen-bond donors (Lipinski definition) is 0. The Labute approximate surface area is 477 Å². The van der Waals surface area contributed by atoms with Gasteiger partial charge >= 0.3 is 0 Å². The fourth-order valence-corrected chi connectivity index (χ4v) is 18.3. The second-order valence-electron chi connectivity index (χ2n) is 21.6. The number of anilines is 3. The van der Waals surface area contributed by atoms with E-state index in [4.69, 9.17) is 0 Å². The van der Waals surface area contributed by atoms with Crippen LogP contribution in [0.3, 0.4) is 0 Å². The number of benzene rings is 13. The summed E-state index contributed by atoms with van der Waals surface area (Å²) in [6, 6.07) is 119. The minimum Gasteiger partial charge on any atom is -0.311 e. The molecule has 0 aliphatic rings. The number of para-hydroxylation sites is 4. The van der Waals surface area contributed by atoms with Crippen molar-refractivity contribution < 1.29 is 0 Å². The summed E-state index contributed by atoms with van der Waals surface area (Å²) in [6.45, 7) is 0. The summed E-state index contributed by atoms with van der Waals surface area (Å²) in [5.74, 6) is 0. The second kappa shape index (κ2) is 19.4. The Bertz CT molecular complexity index is 4880. The van der Waals surface area contributed by atoms with E-state index in [2.05, 4.69) is 335 Å². The first-order valence-corrected chi connectivity index (χ1v) is 30.3. The van der Waals surface area contributed by atoms with Crippen LogP contribution in [-0.4, -0.2) is 17.0 Å². The molecule has 3 aromatic heterocycles. The van der Waals surface area contributed by atoms with Crippen LogP contribution in [0.4, 0.5) is 17.1 Å². The van der Waals surface area contributed by atoms with Crippen LogP contribution in [0, 0.1) is 0 Å². The Morgan fingerprint density at radius 2 is 0.659 bits per heavy atom. The van der Waals surface area contributed by atoms with Gasteiger partial charge in [0.05, 0.1) is 27.6 Å². The lowest BCUT2D eigenvalue weighted by atomic mass is 9.98. The highest BCUT2D eigenvalue weighted by Crippen LogP contribution is 2.43. The van der Waals surface area contributed by atoms with Gasteiger partial charge in [0, 0.05) is 55.1 Å². The van der Waals surface area contributed by atoms with Crippen molar-refractivity contribution in [1.29, 1.82) is 0 Å². The van der Waals surface area contributed by atoms with Crippen molar-refractivity contribution in [2.24, 2.45) is 0 Å². The third-order valence-corrected chi connectivity index (χ3v) is 22.0. The lowest BCUT2D eigenvalue weighted by Gasteiger charge is -2.34. The first-order valence-electron chi connectivity index (χ1n) is 28.3. The van der Waals surface area contributed by atoms with Crippen LogP contribution in [0.15, 0.2) is 322 Å². The van der Waals surface area contributed by atoms with E-state index < -0.39 is 8.07 Å². The molecule has 3 nitrogen and oxygen atoms in total. The first-order chi connectivity index (χ1) is 40.7. The predicted octanol–water partition coefficient (Wildman–Crippen LogP) is 17.8. The molecule has 0 atom stereocenters. The normalized spacial score (nSPS) is 11.9. The molecule has 0 aliphatic carbocycles. The van der Waals surface area contributed by atoms with Gasteiger partial charge in [-0.25, -0.2) is 0 Å². The summed E-state index contributed by atoms with van der Waals surface area (Å²) in [5, 5.41) is 13.1. The molecular weight excluding hydrogens is 1010 g/mol. The maximum atomic E-state index is 2.45. The molecular formula is C78H53N3Si. The van der Waals surface area contributed by atoms with Gasteiger partial charge in [0.1, 0.15) is 0 Å². The zero-order valence-corrected chi connectivity index (χ0v) is 45.9. The summed E-state index contributed by atoms with van der Waals surface area (Å²) in [4.78, 5) is 2.39. The lowest BCUT2D eigenvalue weighted by Crippen LogP contribution is -2.74. The molecule has 13 aromatic carbocycles. The molecule has 16 aromatic rings. The molecule has 0 unspecified atom stereocenters. The maximum absolute atomic E-state index is 2.66. The van der Waals surface area contributed by atoms with E-state index in [1.807, 2.05) is 0 Å². The predicted molar refractivity (Wildman–Crippen MR) is 350 cm³/mol. The van der Waals surface area contributed by atoms with Crippen molar-refractivity contribution in [2.75, 3.05) is 4.90 Å².